The number of hydrogen-bond donors (Lipinski definition) is 1. The molecule has 96 valence electrons. The van der Waals surface area contributed by atoms with Gasteiger partial charge in [0.05, 0.1) is 17.6 Å². The van der Waals surface area contributed by atoms with Crippen LogP contribution in [0.15, 0.2) is 24.4 Å². The van der Waals surface area contributed by atoms with E-state index in [2.05, 4.69) is 29.5 Å². The molecule has 0 saturated heterocycles. The van der Waals surface area contributed by atoms with E-state index >= 15 is 0 Å². The van der Waals surface area contributed by atoms with E-state index in [0.29, 0.717) is 6.04 Å². The summed E-state index contributed by atoms with van der Waals surface area (Å²) in [5.41, 5.74) is 3.00. The molecule has 0 saturated carbocycles. The molecule has 18 heavy (non-hydrogen) atoms. The van der Waals surface area contributed by atoms with Crippen molar-refractivity contribution in [2.75, 3.05) is 0 Å². The summed E-state index contributed by atoms with van der Waals surface area (Å²) in [6, 6.07) is 6.22. The molecule has 0 atom stereocenters. The lowest BCUT2D eigenvalue weighted by molar-refractivity contribution is 0.570. The van der Waals surface area contributed by atoms with E-state index < -0.39 is 0 Å². The molecule has 5 heteroatoms. The SMILES string of the molecule is Cc1c(Cl)cccc1-n1nncc1CNC(C)C. The van der Waals surface area contributed by atoms with Crippen molar-refractivity contribution in [3.8, 4) is 5.69 Å². The van der Waals surface area contributed by atoms with Gasteiger partial charge in [0.1, 0.15) is 0 Å². The molecular formula is C13H17ClN4. The van der Waals surface area contributed by atoms with Crippen LogP contribution in [0.1, 0.15) is 25.1 Å². The molecule has 0 aliphatic carbocycles. The lowest BCUT2D eigenvalue weighted by Crippen LogP contribution is -2.23. The zero-order valence-corrected chi connectivity index (χ0v) is 11.6. The Hall–Kier alpha value is -1.39. The van der Waals surface area contributed by atoms with Crippen molar-refractivity contribution in [1.29, 1.82) is 0 Å². The second kappa shape index (κ2) is 5.50. The number of hydrogen-bond acceptors (Lipinski definition) is 3. The van der Waals surface area contributed by atoms with Gasteiger partial charge in [0.2, 0.25) is 0 Å². The number of benzene rings is 1. The van der Waals surface area contributed by atoms with Gasteiger partial charge in [0, 0.05) is 17.6 Å². The van der Waals surface area contributed by atoms with Crippen molar-refractivity contribution in [3.05, 3.63) is 40.7 Å². The first-order valence-electron chi connectivity index (χ1n) is 5.98. The Morgan fingerprint density at radius 2 is 2.17 bits per heavy atom. The van der Waals surface area contributed by atoms with Gasteiger partial charge in [-0.25, -0.2) is 4.68 Å². The maximum absolute atomic E-state index is 6.13. The quantitative estimate of drug-likeness (QED) is 0.923. The third-order valence-electron chi connectivity index (χ3n) is 2.78. The molecule has 2 rings (SSSR count). The number of nitrogens with zero attached hydrogens (tertiary/aromatic N) is 3. The zero-order valence-electron chi connectivity index (χ0n) is 10.8. The van der Waals surface area contributed by atoms with Gasteiger partial charge in [0.15, 0.2) is 0 Å². The third-order valence-corrected chi connectivity index (χ3v) is 3.19. The number of rotatable bonds is 4. The van der Waals surface area contributed by atoms with Crippen LogP contribution in [0.5, 0.6) is 0 Å². The van der Waals surface area contributed by atoms with Gasteiger partial charge in [-0.15, -0.1) is 5.10 Å². The van der Waals surface area contributed by atoms with Crippen molar-refractivity contribution in [1.82, 2.24) is 20.3 Å². The summed E-state index contributed by atoms with van der Waals surface area (Å²) in [6.45, 7) is 6.94. The summed E-state index contributed by atoms with van der Waals surface area (Å²) in [5, 5.41) is 12.2. The highest BCUT2D eigenvalue weighted by Gasteiger charge is 2.10. The Labute approximate surface area is 112 Å². The predicted octanol–water partition coefficient (Wildman–Crippen LogP) is 2.73. The van der Waals surface area contributed by atoms with Crippen LogP contribution in [0, 0.1) is 6.92 Å². The Bertz CT molecular complexity index is 534. The molecule has 1 N–H and O–H groups in total. The highest BCUT2D eigenvalue weighted by Crippen LogP contribution is 2.22. The molecule has 0 amide bonds. The third kappa shape index (κ3) is 2.71. The molecule has 1 aromatic heterocycles. The highest BCUT2D eigenvalue weighted by molar-refractivity contribution is 6.31. The maximum atomic E-state index is 6.13. The van der Waals surface area contributed by atoms with Crippen LogP contribution >= 0.6 is 11.6 Å². The minimum atomic E-state index is 0.425. The van der Waals surface area contributed by atoms with E-state index in [4.69, 9.17) is 11.6 Å². The molecule has 0 radical (unpaired) electrons. The van der Waals surface area contributed by atoms with Crippen molar-refractivity contribution in [2.45, 2.75) is 33.4 Å². The Morgan fingerprint density at radius 3 is 2.89 bits per heavy atom. The average Bonchev–Trinajstić information content (AvgIpc) is 2.78. The van der Waals surface area contributed by atoms with Crippen LogP contribution in [0.25, 0.3) is 5.69 Å². The molecule has 0 bridgehead atoms. The standard InChI is InChI=1S/C13H17ClN4/c1-9(2)15-7-11-8-16-17-18(11)13-6-4-5-12(14)10(13)3/h4-6,8-9,15H,7H2,1-3H3. The first-order valence-corrected chi connectivity index (χ1v) is 6.36. The van der Waals surface area contributed by atoms with Gasteiger partial charge in [-0.2, -0.15) is 0 Å². The van der Waals surface area contributed by atoms with Crippen molar-refractivity contribution >= 4 is 11.6 Å². The van der Waals surface area contributed by atoms with Crippen LogP contribution in [-0.2, 0) is 6.54 Å². The first-order chi connectivity index (χ1) is 8.59. The molecule has 1 heterocycles. The van der Waals surface area contributed by atoms with Crippen molar-refractivity contribution < 1.29 is 0 Å². The summed E-state index contributed by atoms with van der Waals surface area (Å²) in [5.74, 6) is 0. The summed E-state index contributed by atoms with van der Waals surface area (Å²) >= 11 is 6.13. The van der Waals surface area contributed by atoms with E-state index in [0.717, 1.165) is 28.5 Å². The fraction of sp³-hybridized carbons (Fsp3) is 0.385. The van der Waals surface area contributed by atoms with Crippen molar-refractivity contribution in [2.24, 2.45) is 0 Å². The monoisotopic (exact) mass is 264 g/mol. The summed E-state index contributed by atoms with van der Waals surface area (Å²) in [7, 11) is 0. The molecule has 0 spiro atoms. The molecular weight excluding hydrogens is 248 g/mol. The highest BCUT2D eigenvalue weighted by atomic mass is 35.5. The van der Waals surface area contributed by atoms with Crippen molar-refractivity contribution in [3.63, 3.8) is 0 Å². The predicted molar refractivity (Wildman–Crippen MR) is 73.1 cm³/mol. The van der Waals surface area contributed by atoms with Crippen LogP contribution in [0.4, 0.5) is 0 Å². The Kier molecular flexibility index (Phi) is 3.99. The normalized spacial score (nSPS) is 11.2. The van der Waals surface area contributed by atoms with Gasteiger partial charge in [-0.3, -0.25) is 0 Å². The largest absolute Gasteiger partial charge is 0.309 e. The summed E-state index contributed by atoms with van der Waals surface area (Å²) in [4.78, 5) is 0. The first kappa shape index (κ1) is 13.1. The molecule has 0 fully saturated rings. The maximum Gasteiger partial charge on any atom is 0.0783 e. The minimum absolute atomic E-state index is 0.425. The van der Waals surface area contributed by atoms with E-state index in [9.17, 15) is 0 Å². The molecule has 0 unspecified atom stereocenters. The lowest BCUT2D eigenvalue weighted by Gasteiger charge is -2.12. The van der Waals surface area contributed by atoms with Crippen LogP contribution in [0.2, 0.25) is 5.02 Å². The number of nitrogens with one attached hydrogen (secondary N) is 1. The average molecular weight is 265 g/mol. The van der Waals surface area contributed by atoms with E-state index in [-0.39, 0.29) is 0 Å². The number of halogens is 1. The fourth-order valence-corrected chi connectivity index (χ4v) is 1.88. The molecule has 4 nitrogen and oxygen atoms in total. The molecule has 0 aliphatic rings. The summed E-state index contributed by atoms with van der Waals surface area (Å²) in [6.07, 6.45) is 1.77. The van der Waals surface area contributed by atoms with Gasteiger partial charge in [-0.1, -0.05) is 36.7 Å². The van der Waals surface area contributed by atoms with Crippen LogP contribution in [-0.4, -0.2) is 21.0 Å². The van der Waals surface area contributed by atoms with E-state index in [1.807, 2.05) is 29.8 Å². The molecule has 1 aromatic carbocycles. The smallest absolute Gasteiger partial charge is 0.0783 e. The second-order valence-electron chi connectivity index (χ2n) is 4.56. The fourth-order valence-electron chi connectivity index (χ4n) is 1.71. The molecule has 0 aliphatic heterocycles. The summed E-state index contributed by atoms with van der Waals surface area (Å²) < 4.78 is 1.83. The van der Waals surface area contributed by atoms with Crippen LogP contribution < -0.4 is 5.32 Å². The lowest BCUT2D eigenvalue weighted by atomic mass is 10.2. The van der Waals surface area contributed by atoms with Gasteiger partial charge < -0.3 is 5.32 Å². The van der Waals surface area contributed by atoms with Gasteiger partial charge >= 0.3 is 0 Å². The topological polar surface area (TPSA) is 42.7 Å². The van der Waals surface area contributed by atoms with Gasteiger partial charge in [0.25, 0.3) is 0 Å². The Balaban J connectivity index is 2.33. The zero-order chi connectivity index (χ0) is 13.1. The minimum Gasteiger partial charge on any atom is -0.309 e. The van der Waals surface area contributed by atoms with Crippen LogP contribution in [0.3, 0.4) is 0 Å². The Morgan fingerprint density at radius 1 is 1.39 bits per heavy atom. The molecule has 2 aromatic rings. The second-order valence-corrected chi connectivity index (χ2v) is 4.96. The number of aromatic nitrogens is 3. The van der Waals surface area contributed by atoms with E-state index in [1.165, 1.54) is 0 Å². The van der Waals surface area contributed by atoms with Gasteiger partial charge in [-0.05, 0) is 24.6 Å². The van der Waals surface area contributed by atoms with E-state index in [1.54, 1.807) is 6.20 Å².